The Morgan fingerprint density at radius 1 is 1.23 bits per heavy atom. The number of aromatic nitrogens is 1. The van der Waals surface area contributed by atoms with Crippen LogP contribution in [0.15, 0.2) is 12.1 Å². The number of benzene rings is 1. The van der Waals surface area contributed by atoms with Gasteiger partial charge in [0.15, 0.2) is 0 Å². The van der Waals surface area contributed by atoms with Crippen molar-refractivity contribution in [1.82, 2.24) is 9.88 Å². The molecule has 116 valence electrons. The van der Waals surface area contributed by atoms with E-state index in [0.29, 0.717) is 34.6 Å². The molecule has 0 aliphatic carbocycles. The second-order valence-corrected chi connectivity index (χ2v) is 5.79. The highest BCUT2D eigenvalue weighted by atomic mass is 35.5. The third-order valence-corrected chi connectivity index (χ3v) is 4.37. The molecule has 0 spiro atoms. The van der Waals surface area contributed by atoms with Crippen LogP contribution in [0.4, 0.5) is 15.3 Å². The molecule has 0 fully saturated rings. The molecule has 1 aliphatic rings. The van der Waals surface area contributed by atoms with Crippen molar-refractivity contribution in [2.24, 2.45) is 0 Å². The molecule has 1 aromatic heterocycles. The van der Waals surface area contributed by atoms with Crippen LogP contribution < -0.4 is 10.6 Å². The van der Waals surface area contributed by atoms with Gasteiger partial charge in [0.05, 0.1) is 27.3 Å². The summed E-state index contributed by atoms with van der Waals surface area (Å²) in [6, 6.07) is 3.01. The van der Waals surface area contributed by atoms with Gasteiger partial charge in [-0.3, -0.25) is 5.32 Å². The Kier molecular flexibility index (Phi) is 3.54. The van der Waals surface area contributed by atoms with Gasteiger partial charge in [0.25, 0.3) is 0 Å². The highest BCUT2D eigenvalue weighted by Crippen LogP contribution is 2.40. The lowest BCUT2D eigenvalue weighted by molar-refractivity contribution is 0.189. The summed E-state index contributed by atoms with van der Waals surface area (Å²) in [5, 5.41) is 23.6. The van der Waals surface area contributed by atoms with Crippen LogP contribution in [-0.2, 0) is 13.0 Å². The smallest absolute Gasteiger partial charge is 0.409 e. The molecule has 0 saturated heterocycles. The monoisotopic (exact) mass is 343 g/mol. The summed E-state index contributed by atoms with van der Waals surface area (Å²) in [6.45, 7) is 0.414. The number of amides is 2. The first-order chi connectivity index (χ1) is 10.4. The molecule has 4 N–H and O–H groups in total. The maximum atomic E-state index is 10.9. The van der Waals surface area contributed by atoms with Crippen molar-refractivity contribution in [3.05, 3.63) is 27.9 Å². The van der Waals surface area contributed by atoms with E-state index >= 15 is 0 Å². The zero-order valence-electron chi connectivity index (χ0n) is 11.1. The Hall–Kier alpha value is -2.12. The molecular formula is C13H11Cl2N3O4. The second-order valence-electron chi connectivity index (χ2n) is 5.01. The number of carboxylic acid groups (broad SMARTS) is 2. The van der Waals surface area contributed by atoms with Gasteiger partial charge in [-0.1, -0.05) is 23.2 Å². The highest BCUT2D eigenvalue weighted by Gasteiger charge is 2.27. The average Bonchev–Trinajstić information content (AvgIpc) is 2.91. The van der Waals surface area contributed by atoms with Crippen LogP contribution in [-0.4, -0.2) is 33.0 Å². The summed E-state index contributed by atoms with van der Waals surface area (Å²) in [5.41, 5.74) is 1.82. The fourth-order valence-corrected chi connectivity index (χ4v) is 3.29. The van der Waals surface area contributed by atoms with Crippen molar-refractivity contribution in [1.29, 1.82) is 0 Å². The molecule has 0 saturated carbocycles. The molecule has 2 aromatic rings. The molecule has 1 aromatic carbocycles. The maximum absolute atomic E-state index is 10.9. The summed E-state index contributed by atoms with van der Waals surface area (Å²) >= 11 is 12.3. The number of rotatable bonds is 2. The summed E-state index contributed by atoms with van der Waals surface area (Å²) in [4.78, 5) is 21.6. The first-order valence-corrected chi connectivity index (χ1v) is 7.12. The number of fused-ring (bicyclic) bond motifs is 3. The average molecular weight is 344 g/mol. The molecule has 0 unspecified atom stereocenters. The largest absolute Gasteiger partial charge is 0.465 e. The Balaban J connectivity index is 2.10. The van der Waals surface area contributed by atoms with Crippen LogP contribution >= 0.6 is 23.2 Å². The summed E-state index contributed by atoms with van der Waals surface area (Å²) in [5.74, 6) is 0. The van der Waals surface area contributed by atoms with Crippen LogP contribution in [0.5, 0.6) is 0 Å². The lowest BCUT2D eigenvalue weighted by Crippen LogP contribution is -2.34. The molecule has 7 nitrogen and oxygen atoms in total. The molecule has 0 bridgehead atoms. The second kappa shape index (κ2) is 5.26. The molecular weight excluding hydrogens is 333 g/mol. The van der Waals surface area contributed by atoms with Crippen LogP contribution in [0.3, 0.4) is 0 Å². The van der Waals surface area contributed by atoms with Gasteiger partial charge in [0.1, 0.15) is 0 Å². The van der Waals surface area contributed by atoms with Gasteiger partial charge in [-0.25, -0.2) is 9.59 Å². The van der Waals surface area contributed by atoms with Crippen LogP contribution in [0.1, 0.15) is 5.69 Å². The molecule has 22 heavy (non-hydrogen) atoms. The fraction of sp³-hybridized carbons (Fsp3) is 0.231. The Bertz CT molecular complexity index is 802. The van der Waals surface area contributed by atoms with E-state index in [1.54, 1.807) is 6.07 Å². The predicted octanol–water partition coefficient (Wildman–Crippen LogP) is 3.23. The third kappa shape index (κ3) is 2.42. The van der Waals surface area contributed by atoms with Crippen molar-refractivity contribution in [3.8, 4) is 0 Å². The number of anilines is 1. The minimum atomic E-state index is -1.20. The molecule has 1 atom stereocenters. The van der Waals surface area contributed by atoms with E-state index in [4.69, 9.17) is 33.4 Å². The predicted molar refractivity (Wildman–Crippen MR) is 82.3 cm³/mol. The zero-order valence-corrected chi connectivity index (χ0v) is 12.6. The first kappa shape index (κ1) is 14.8. The van der Waals surface area contributed by atoms with E-state index in [0.717, 1.165) is 5.69 Å². The van der Waals surface area contributed by atoms with Crippen molar-refractivity contribution < 1.29 is 19.8 Å². The molecule has 2 amide bonds. The standard InChI is InChI=1S/C13H11Cl2N3O4/c14-8-3-9(17-13(21)22)7-2-6-1-5(16-12(19)20)4-18(6)11(7)10(8)15/h2-3,5,16-17H,1,4H2,(H,19,20)(H,21,22)/t5-/m0/s1. The molecule has 1 aliphatic heterocycles. The highest BCUT2D eigenvalue weighted by molar-refractivity contribution is 6.45. The molecule has 0 radical (unpaired) electrons. The number of hydrogen-bond acceptors (Lipinski definition) is 2. The molecule has 2 heterocycles. The van der Waals surface area contributed by atoms with E-state index in [2.05, 4.69) is 10.6 Å². The van der Waals surface area contributed by atoms with Crippen molar-refractivity contribution in [2.45, 2.75) is 19.0 Å². The Labute approximate surface area is 134 Å². The normalized spacial score (nSPS) is 16.5. The first-order valence-electron chi connectivity index (χ1n) is 6.36. The van der Waals surface area contributed by atoms with E-state index in [1.807, 2.05) is 4.57 Å². The van der Waals surface area contributed by atoms with E-state index in [1.165, 1.54) is 6.07 Å². The summed E-state index contributed by atoms with van der Waals surface area (Å²) in [7, 11) is 0. The van der Waals surface area contributed by atoms with E-state index in [9.17, 15) is 9.59 Å². The van der Waals surface area contributed by atoms with Gasteiger partial charge in [0.2, 0.25) is 0 Å². The van der Waals surface area contributed by atoms with Crippen LogP contribution in [0.25, 0.3) is 10.9 Å². The zero-order chi connectivity index (χ0) is 16.0. The lowest BCUT2D eigenvalue weighted by Gasteiger charge is -2.12. The number of carbonyl (C=O) groups is 2. The summed E-state index contributed by atoms with van der Waals surface area (Å²) in [6.07, 6.45) is -1.78. The van der Waals surface area contributed by atoms with Crippen molar-refractivity contribution in [3.63, 3.8) is 0 Å². The maximum Gasteiger partial charge on any atom is 0.409 e. The molecule has 9 heteroatoms. The van der Waals surface area contributed by atoms with Gasteiger partial charge in [-0.15, -0.1) is 0 Å². The Morgan fingerprint density at radius 2 is 1.95 bits per heavy atom. The Morgan fingerprint density at radius 3 is 2.59 bits per heavy atom. The van der Waals surface area contributed by atoms with Crippen molar-refractivity contribution >= 4 is 52.0 Å². The topological polar surface area (TPSA) is 104 Å². The van der Waals surface area contributed by atoms with Gasteiger partial charge >= 0.3 is 12.2 Å². The van der Waals surface area contributed by atoms with Crippen LogP contribution in [0, 0.1) is 0 Å². The fourth-order valence-electron chi connectivity index (χ4n) is 2.83. The SMILES string of the molecule is O=C(O)Nc1cc(Cl)c(Cl)c2c1cc1n2C[C@@H](NC(=O)O)C1. The number of hydrogen-bond donors (Lipinski definition) is 4. The van der Waals surface area contributed by atoms with Crippen molar-refractivity contribution in [2.75, 3.05) is 5.32 Å². The van der Waals surface area contributed by atoms with Gasteiger partial charge in [0, 0.05) is 24.0 Å². The number of nitrogens with one attached hydrogen (secondary N) is 2. The quantitative estimate of drug-likeness (QED) is 0.671. The molecule has 3 rings (SSSR count). The minimum Gasteiger partial charge on any atom is -0.465 e. The van der Waals surface area contributed by atoms with E-state index in [-0.39, 0.29) is 11.1 Å². The number of halogens is 2. The van der Waals surface area contributed by atoms with Crippen LogP contribution in [0.2, 0.25) is 10.0 Å². The lowest BCUT2D eigenvalue weighted by atomic mass is 10.1. The van der Waals surface area contributed by atoms with Gasteiger partial charge in [-0.2, -0.15) is 0 Å². The van der Waals surface area contributed by atoms with E-state index < -0.39 is 12.2 Å². The van der Waals surface area contributed by atoms with Gasteiger partial charge in [-0.05, 0) is 12.1 Å². The van der Waals surface area contributed by atoms with Gasteiger partial charge < -0.3 is 20.1 Å². The summed E-state index contributed by atoms with van der Waals surface area (Å²) < 4.78 is 1.86. The minimum absolute atomic E-state index is 0.230. The number of nitrogens with zero attached hydrogens (tertiary/aromatic N) is 1. The third-order valence-electron chi connectivity index (χ3n) is 3.59.